The van der Waals surface area contributed by atoms with E-state index in [1.165, 1.54) is 0 Å². The van der Waals surface area contributed by atoms with Crippen LogP contribution in [-0.2, 0) is 10.1 Å². The molecule has 19 heavy (non-hydrogen) atoms. The lowest BCUT2D eigenvalue weighted by molar-refractivity contribution is -0.0911. The van der Waals surface area contributed by atoms with E-state index in [9.17, 15) is 28.3 Å². The van der Waals surface area contributed by atoms with Crippen LogP contribution in [-0.4, -0.2) is 75.8 Å². The molecule has 0 spiro atoms. The Labute approximate surface area is 113 Å². The molecule has 0 aromatic rings. The summed E-state index contributed by atoms with van der Waals surface area (Å²) in [5, 5.41) is 37.4. The first-order chi connectivity index (χ1) is 8.64. The molecule has 0 bridgehead atoms. The molecular weight excluding hydrogens is 278 g/mol. The molecule has 1 unspecified atom stereocenters. The second-order valence-corrected chi connectivity index (χ2v) is 6.28. The molecule has 0 aliphatic heterocycles. The molecule has 0 saturated heterocycles. The zero-order valence-corrected chi connectivity index (χ0v) is 11.9. The number of hydrogen-bond acceptors (Lipinski definition) is 8. The van der Waals surface area contributed by atoms with Crippen LogP contribution in [0.5, 0.6) is 0 Å². The number of hydrogen-bond donors (Lipinski definition) is 4. The molecule has 0 fully saturated rings. The van der Waals surface area contributed by atoms with Crippen LogP contribution in [0.1, 0.15) is 20.3 Å². The van der Waals surface area contributed by atoms with Crippen molar-refractivity contribution in [2.75, 3.05) is 26.4 Å². The summed E-state index contributed by atoms with van der Waals surface area (Å²) < 4.78 is 32.8. The second-order valence-electron chi connectivity index (χ2n) is 4.87. The molecule has 0 aliphatic rings. The molecule has 8 nitrogen and oxygen atoms in total. The maximum absolute atomic E-state index is 10.9. The summed E-state index contributed by atoms with van der Waals surface area (Å²) in [5.74, 6) is -0.0398. The highest BCUT2D eigenvalue weighted by molar-refractivity contribution is 7.86. The third kappa shape index (κ3) is 4.95. The van der Waals surface area contributed by atoms with Crippen molar-refractivity contribution in [3.63, 3.8) is 0 Å². The number of aliphatic hydroxyl groups excluding tert-OH is 4. The quantitative estimate of drug-likeness (QED) is 0.279. The summed E-state index contributed by atoms with van der Waals surface area (Å²) in [6.07, 6.45) is 0.145. The van der Waals surface area contributed by atoms with Crippen LogP contribution in [0.15, 0.2) is 0 Å². The minimum Gasteiger partial charge on any atom is -0.745 e. The van der Waals surface area contributed by atoms with Gasteiger partial charge in [0.1, 0.15) is 10.1 Å². The van der Waals surface area contributed by atoms with Crippen molar-refractivity contribution in [1.82, 2.24) is 4.90 Å². The first kappa shape index (κ1) is 18.7. The van der Waals surface area contributed by atoms with Crippen LogP contribution in [0, 0.1) is 5.92 Å². The summed E-state index contributed by atoms with van der Waals surface area (Å²) >= 11 is 0. The topological polar surface area (TPSA) is 141 Å². The molecule has 116 valence electrons. The largest absolute Gasteiger partial charge is 0.745 e. The standard InChI is InChI=1S/C10H23NO7S/c1-8(2)5-10(6-13,7-14)11(3-4-12)9(15)19(16,17)18/h8-9,12-15H,3-7H2,1-2H3,(H,16,17,18)/p-1. The van der Waals surface area contributed by atoms with Gasteiger partial charge in [0.15, 0.2) is 0 Å². The minimum absolute atomic E-state index is 0.0398. The van der Waals surface area contributed by atoms with Crippen LogP contribution in [0.2, 0.25) is 0 Å². The Morgan fingerprint density at radius 1 is 1.21 bits per heavy atom. The number of rotatable bonds is 9. The zero-order valence-electron chi connectivity index (χ0n) is 11.1. The van der Waals surface area contributed by atoms with Crippen molar-refractivity contribution >= 4 is 10.1 Å². The van der Waals surface area contributed by atoms with Gasteiger partial charge in [-0.3, -0.25) is 4.90 Å². The molecular formula is C10H22NO7S-. The van der Waals surface area contributed by atoms with Crippen LogP contribution in [0.3, 0.4) is 0 Å². The van der Waals surface area contributed by atoms with Crippen LogP contribution in [0.25, 0.3) is 0 Å². The SMILES string of the molecule is CC(C)CC(CO)(CO)N(CCO)C(O)S(=O)(=O)[O-]. The number of β-amino-alcohol motifs (C(OH)–C–C–N with tert-alkyl or cyclic N) is 1. The van der Waals surface area contributed by atoms with Gasteiger partial charge >= 0.3 is 0 Å². The summed E-state index contributed by atoms with van der Waals surface area (Å²) in [6.45, 7) is 1.33. The highest BCUT2D eigenvalue weighted by Gasteiger charge is 2.41. The van der Waals surface area contributed by atoms with Crippen LogP contribution in [0.4, 0.5) is 0 Å². The van der Waals surface area contributed by atoms with Crippen LogP contribution < -0.4 is 0 Å². The Morgan fingerprint density at radius 3 is 1.95 bits per heavy atom. The average molecular weight is 300 g/mol. The van der Waals surface area contributed by atoms with E-state index >= 15 is 0 Å². The van der Waals surface area contributed by atoms with Gasteiger partial charge in [-0.15, -0.1) is 0 Å². The van der Waals surface area contributed by atoms with E-state index < -0.39 is 41.0 Å². The Balaban J connectivity index is 5.51. The molecule has 9 heteroatoms. The summed E-state index contributed by atoms with van der Waals surface area (Å²) in [4.78, 5) is 0.731. The van der Waals surface area contributed by atoms with Crippen molar-refractivity contribution in [3.8, 4) is 0 Å². The maximum Gasteiger partial charge on any atom is 0.200 e. The smallest absolute Gasteiger partial charge is 0.200 e. The average Bonchev–Trinajstić information content (AvgIpc) is 2.31. The van der Waals surface area contributed by atoms with Gasteiger partial charge in [-0.05, 0) is 12.3 Å². The predicted molar refractivity (Wildman–Crippen MR) is 65.9 cm³/mol. The van der Waals surface area contributed by atoms with Crippen molar-refractivity contribution in [2.45, 2.75) is 31.4 Å². The molecule has 0 aliphatic carbocycles. The van der Waals surface area contributed by atoms with E-state index in [1.54, 1.807) is 13.8 Å². The number of aliphatic hydroxyl groups is 4. The highest BCUT2D eigenvalue weighted by atomic mass is 32.2. The van der Waals surface area contributed by atoms with Crippen molar-refractivity contribution < 1.29 is 33.4 Å². The lowest BCUT2D eigenvalue weighted by Gasteiger charge is -2.45. The molecule has 1 atom stereocenters. The molecule has 0 saturated carbocycles. The van der Waals surface area contributed by atoms with Crippen molar-refractivity contribution in [1.29, 1.82) is 0 Å². The van der Waals surface area contributed by atoms with E-state index in [2.05, 4.69) is 0 Å². The lowest BCUT2D eigenvalue weighted by atomic mass is 9.88. The monoisotopic (exact) mass is 300 g/mol. The molecule has 0 amide bonds. The van der Waals surface area contributed by atoms with Gasteiger partial charge < -0.3 is 25.0 Å². The van der Waals surface area contributed by atoms with Gasteiger partial charge in [-0.1, -0.05) is 13.8 Å². The van der Waals surface area contributed by atoms with E-state index in [1.807, 2.05) is 0 Å². The van der Waals surface area contributed by atoms with E-state index in [0.717, 1.165) is 4.90 Å². The summed E-state index contributed by atoms with van der Waals surface area (Å²) in [6, 6.07) is 0. The fourth-order valence-electron chi connectivity index (χ4n) is 2.08. The molecule has 0 aromatic carbocycles. The molecule has 0 radical (unpaired) electrons. The summed E-state index contributed by atoms with van der Waals surface area (Å²) in [7, 11) is -5.07. The van der Waals surface area contributed by atoms with Gasteiger partial charge in [0, 0.05) is 6.54 Å². The van der Waals surface area contributed by atoms with Crippen LogP contribution >= 0.6 is 0 Å². The summed E-state index contributed by atoms with van der Waals surface area (Å²) in [5.41, 5.74) is -3.92. The Morgan fingerprint density at radius 2 is 1.68 bits per heavy atom. The third-order valence-electron chi connectivity index (χ3n) is 2.85. The van der Waals surface area contributed by atoms with E-state index in [-0.39, 0.29) is 18.9 Å². The minimum atomic E-state index is -5.07. The predicted octanol–water partition coefficient (Wildman–Crippen LogP) is -2.13. The molecule has 0 rings (SSSR count). The normalized spacial score (nSPS) is 15.2. The molecule has 4 N–H and O–H groups in total. The van der Waals surface area contributed by atoms with E-state index in [4.69, 9.17) is 5.11 Å². The van der Waals surface area contributed by atoms with Gasteiger partial charge in [-0.25, -0.2) is 8.42 Å². The Hall–Kier alpha value is -0.290. The Kier molecular flexibility index (Phi) is 7.37. The molecule has 0 heterocycles. The second kappa shape index (κ2) is 7.48. The lowest BCUT2D eigenvalue weighted by Crippen LogP contribution is -2.61. The van der Waals surface area contributed by atoms with Gasteiger partial charge in [0.25, 0.3) is 0 Å². The number of nitrogens with zero attached hydrogens (tertiary/aromatic N) is 1. The highest BCUT2D eigenvalue weighted by Crippen LogP contribution is 2.26. The fraction of sp³-hybridized carbons (Fsp3) is 1.00. The zero-order chi connectivity index (χ0) is 15.3. The fourth-order valence-corrected chi connectivity index (χ4v) is 2.72. The third-order valence-corrected chi connectivity index (χ3v) is 3.62. The van der Waals surface area contributed by atoms with E-state index in [0.29, 0.717) is 0 Å². The molecule has 0 aromatic heterocycles. The first-order valence-electron chi connectivity index (χ1n) is 5.86. The van der Waals surface area contributed by atoms with Crippen molar-refractivity contribution in [2.24, 2.45) is 5.92 Å². The van der Waals surface area contributed by atoms with Gasteiger partial charge in [-0.2, -0.15) is 0 Å². The van der Waals surface area contributed by atoms with Gasteiger partial charge in [0.2, 0.25) is 5.56 Å². The van der Waals surface area contributed by atoms with Crippen molar-refractivity contribution in [3.05, 3.63) is 0 Å². The van der Waals surface area contributed by atoms with Gasteiger partial charge in [0.05, 0.1) is 25.4 Å². The maximum atomic E-state index is 10.9. The Bertz CT molecular complexity index is 353. The first-order valence-corrected chi connectivity index (χ1v) is 7.34.